The van der Waals surface area contributed by atoms with E-state index in [2.05, 4.69) is 12.3 Å². The molecule has 0 aromatic carbocycles. The highest BCUT2D eigenvalue weighted by Crippen LogP contribution is 2.23. The van der Waals surface area contributed by atoms with Crippen molar-refractivity contribution in [2.45, 2.75) is 63.2 Å². The molecule has 0 aliphatic heterocycles. The molecule has 1 unspecified atom stereocenters. The van der Waals surface area contributed by atoms with Crippen LogP contribution in [0.3, 0.4) is 0 Å². The zero-order chi connectivity index (χ0) is 13.6. The van der Waals surface area contributed by atoms with Gasteiger partial charge in [0, 0.05) is 25.5 Å². The van der Waals surface area contributed by atoms with Gasteiger partial charge in [-0.05, 0) is 18.2 Å². The lowest BCUT2D eigenvalue weighted by Gasteiger charge is -2.17. The van der Waals surface area contributed by atoms with Crippen LogP contribution in [-0.4, -0.2) is 28.8 Å². The van der Waals surface area contributed by atoms with Crippen LogP contribution in [0.2, 0.25) is 6.04 Å². The first kappa shape index (κ1) is 18.0. The van der Waals surface area contributed by atoms with Gasteiger partial charge in [0.25, 0.3) is 0 Å². The molecule has 0 aromatic rings. The van der Waals surface area contributed by atoms with E-state index in [9.17, 15) is 0 Å². The maximum absolute atomic E-state index is 8.81. The van der Waals surface area contributed by atoms with Crippen LogP contribution in [0, 0.1) is 10.7 Å². The second kappa shape index (κ2) is 13.4. The lowest BCUT2D eigenvalue weighted by Crippen LogP contribution is -2.23. The lowest BCUT2D eigenvalue weighted by atomic mass is 10.1. The van der Waals surface area contributed by atoms with Gasteiger partial charge in [0.15, 0.2) is 0 Å². The summed E-state index contributed by atoms with van der Waals surface area (Å²) in [7, 11) is 1.89. The third-order valence-electron chi connectivity index (χ3n) is 3.08. The van der Waals surface area contributed by atoms with Gasteiger partial charge in [-0.25, -0.2) is 0 Å². The first-order valence-corrected chi connectivity index (χ1v) is 9.52. The fourth-order valence-electron chi connectivity index (χ4n) is 1.96. The normalized spacial score (nSPS) is 12.6. The zero-order valence-electron chi connectivity index (χ0n) is 12.0. The molecule has 0 fully saturated rings. The van der Waals surface area contributed by atoms with Crippen LogP contribution in [0.1, 0.15) is 51.9 Å². The van der Waals surface area contributed by atoms with Gasteiger partial charge in [0.1, 0.15) is 5.40 Å². The fourth-order valence-corrected chi connectivity index (χ4v) is 4.49. The van der Waals surface area contributed by atoms with Gasteiger partial charge < -0.3 is 8.85 Å². The minimum absolute atomic E-state index is 0.387. The molecular formula is C13H27NO2SSi. The van der Waals surface area contributed by atoms with Crippen molar-refractivity contribution in [3.8, 4) is 5.40 Å². The third-order valence-corrected chi connectivity index (χ3v) is 6.29. The highest BCUT2D eigenvalue weighted by molar-refractivity contribution is 8.04. The average Bonchev–Trinajstić information content (AvgIpc) is 2.39. The number of hydrogen-bond donors (Lipinski definition) is 0. The van der Waals surface area contributed by atoms with E-state index in [-0.39, 0.29) is 0 Å². The van der Waals surface area contributed by atoms with Crippen LogP contribution in [-0.2, 0) is 8.85 Å². The summed E-state index contributed by atoms with van der Waals surface area (Å²) in [6.07, 6.45) is 8.93. The summed E-state index contributed by atoms with van der Waals surface area (Å²) in [5.41, 5.74) is 0. The molecule has 106 valence electrons. The Morgan fingerprint density at radius 1 is 1.11 bits per heavy atom. The highest BCUT2D eigenvalue weighted by Gasteiger charge is 2.18. The highest BCUT2D eigenvalue weighted by atomic mass is 32.2. The standard InChI is InChI=1S/C13H27NO2SSi/c1-4-5-6-7-8-9-10-13(17-12-14)11-18(15-2)16-3/h13,18H,4-11H2,1-3H3. The third kappa shape index (κ3) is 9.95. The van der Waals surface area contributed by atoms with Crippen molar-refractivity contribution in [2.24, 2.45) is 0 Å². The van der Waals surface area contributed by atoms with Gasteiger partial charge >= 0.3 is 9.28 Å². The maximum atomic E-state index is 8.81. The number of thioether (sulfide) groups is 1. The van der Waals surface area contributed by atoms with Gasteiger partial charge in [-0.2, -0.15) is 5.26 Å². The van der Waals surface area contributed by atoms with E-state index in [1.165, 1.54) is 50.3 Å². The van der Waals surface area contributed by atoms with Crippen LogP contribution < -0.4 is 0 Å². The van der Waals surface area contributed by atoms with Gasteiger partial charge in [-0.1, -0.05) is 45.4 Å². The summed E-state index contributed by atoms with van der Waals surface area (Å²) in [6.45, 7) is 2.24. The van der Waals surface area contributed by atoms with Crippen molar-refractivity contribution in [3.05, 3.63) is 0 Å². The largest absolute Gasteiger partial charge is 0.400 e. The first-order chi connectivity index (χ1) is 8.78. The second-order valence-corrected chi connectivity index (χ2v) is 7.88. The van der Waals surface area contributed by atoms with E-state index in [0.717, 1.165) is 12.5 Å². The van der Waals surface area contributed by atoms with Gasteiger partial charge in [-0.15, -0.1) is 0 Å². The monoisotopic (exact) mass is 289 g/mol. The number of hydrogen-bond acceptors (Lipinski definition) is 4. The molecule has 0 N–H and O–H groups in total. The van der Waals surface area contributed by atoms with Crippen molar-refractivity contribution in [1.29, 1.82) is 5.26 Å². The molecule has 3 nitrogen and oxygen atoms in total. The van der Waals surface area contributed by atoms with Crippen LogP contribution in [0.4, 0.5) is 0 Å². The smallest absolute Gasteiger partial charge is 0.322 e. The Labute approximate surface area is 118 Å². The summed E-state index contributed by atoms with van der Waals surface area (Å²) >= 11 is 1.38. The van der Waals surface area contributed by atoms with Crippen LogP contribution >= 0.6 is 11.8 Å². The molecule has 0 aliphatic rings. The van der Waals surface area contributed by atoms with E-state index in [0.29, 0.717) is 5.25 Å². The predicted molar refractivity (Wildman–Crippen MR) is 81.0 cm³/mol. The Bertz CT molecular complexity index is 220. The topological polar surface area (TPSA) is 42.2 Å². The number of unbranched alkanes of at least 4 members (excludes halogenated alkanes) is 5. The Kier molecular flexibility index (Phi) is 13.4. The van der Waals surface area contributed by atoms with Crippen LogP contribution in [0.5, 0.6) is 0 Å². The van der Waals surface area contributed by atoms with E-state index in [4.69, 9.17) is 14.1 Å². The first-order valence-electron chi connectivity index (χ1n) is 6.88. The quantitative estimate of drug-likeness (QED) is 0.311. The average molecular weight is 290 g/mol. The van der Waals surface area contributed by atoms with Gasteiger partial charge in [-0.3, -0.25) is 0 Å². The molecule has 0 aromatic heterocycles. The van der Waals surface area contributed by atoms with Gasteiger partial charge in [0.2, 0.25) is 0 Å². The molecule has 0 saturated heterocycles. The molecule has 0 saturated carbocycles. The molecule has 18 heavy (non-hydrogen) atoms. The number of nitriles is 1. The number of rotatable bonds is 12. The van der Waals surface area contributed by atoms with Crippen molar-refractivity contribution >= 4 is 21.0 Å². The molecule has 0 aliphatic carbocycles. The zero-order valence-corrected chi connectivity index (χ0v) is 14.0. The molecule has 0 spiro atoms. The summed E-state index contributed by atoms with van der Waals surface area (Å²) in [5, 5.41) is 11.4. The number of nitrogens with zero attached hydrogens (tertiary/aromatic N) is 1. The van der Waals surface area contributed by atoms with Crippen LogP contribution in [0.25, 0.3) is 0 Å². The maximum Gasteiger partial charge on any atom is 0.322 e. The Morgan fingerprint density at radius 3 is 2.28 bits per heavy atom. The molecule has 1 atom stereocenters. The summed E-state index contributed by atoms with van der Waals surface area (Å²) in [5.74, 6) is 0. The van der Waals surface area contributed by atoms with Crippen molar-refractivity contribution in [3.63, 3.8) is 0 Å². The molecule has 0 bridgehead atoms. The Hall–Kier alpha value is -0.0231. The minimum Gasteiger partial charge on any atom is -0.400 e. The Morgan fingerprint density at radius 2 is 1.72 bits per heavy atom. The molecule has 0 amide bonds. The number of thiocyanates is 1. The summed E-state index contributed by atoms with van der Waals surface area (Å²) in [4.78, 5) is 0. The van der Waals surface area contributed by atoms with Crippen molar-refractivity contribution in [2.75, 3.05) is 14.2 Å². The molecular weight excluding hydrogens is 262 g/mol. The molecule has 0 radical (unpaired) electrons. The van der Waals surface area contributed by atoms with E-state index in [1.54, 1.807) is 14.2 Å². The fraction of sp³-hybridized carbons (Fsp3) is 0.923. The van der Waals surface area contributed by atoms with Crippen molar-refractivity contribution < 1.29 is 8.85 Å². The second-order valence-electron chi connectivity index (χ2n) is 4.52. The van der Waals surface area contributed by atoms with E-state index < -0.39 is 9.28 Å². The van der Waals surface area contributed by atoms with E-state index >= 15 is 0 Å². The molecule has 0 rings (SSSR count). The predicted octanol–water partition coefficient (Wildman–Crippen LogP) is 3.83. The SMILES string of the molecule is CCCCCCCCC(C[SiH](OC)OC)SC#N. The van der Waals surface area contributed by atoms with E-state index in [1.807, 2.05) is 0 Å². The molecule has 5 heteroatoms. The molecule has 0 heterocycles. The summed E-state index contributed by atoms with van der Waals surface area (Å²) < 4.78 is 10.7. The summed E-state index contributed by atoms with van der Waals surface area (Å²) in [6, 6.07) is 0.931. The lowest BCUT2D eigenvalue weighted by molar-refractivity contribution is 0.276. The Balaban J connectivity index is 3.72. The van der Waals surface area contributed by atoms with Gasteiger partial charge in [0.05, 0.1) is 0 Å². The minimum atomic E-state index is -1.52. The van der Waals surface area contributed by atoms with Crippen molar-refractivity contribution in [1.82, 2.24) is 0 Å². The van der Waals surface area contributed by atoms with Crippen LogP contribution in [0.15, 0.2) is 0 Å².